The number of ether oxygens (including phenoxy) is 2. The fourth-order valence-electron chi connectivity index (χ4n) is 3.99. The highest BCUT2D eigenvalue weighted by Crippen LogP contribution is 2.30. The summed E-state index contributed by atoms with van der Waals surface area (Å²) in [6.07, 6.45) is 0.962. The lowest BCUT2D eigenvalue weighted by atomic mass is 9.93. The molecule has 1 unspecified atom stereocenters. The zero-order valence-corrected chi connectivity index (χ0v) is 19.6. The van der Waals surface area contributed by atoms with Crippen molar-refractivity contribution in [3.05, 3.63) is 112 Å². The number of nitriles is 1. The van der Waals surface area contributed by atoms with Crippen LogP contribution in [0, 0.1) is 17.1 Å². The number of methoxy groups -OCH3 is 1. The zero-order chi connectivity index (χ0) is 25.5. The molecule has 0 saturated heterocycles. The van der Waals surface area contributed by atoms with Crippen LogP contribution in [0.1, 0.15) is 34.7 Å². The third-order valence-corrected chi connectivity index (χ3v) is 5.85. The minimum absolute atomic E-state index is 0.128. The van der Waals surface area contributed by atoms with E-state index in [0.717, 1.165) is 22.9 Å². The molecule has 4 rings (SSSR count). The second-order valence-corrected chi connectivity index (χ2v) is 8.18. The smallest absolute Gasteiger partial charge is 0.338 e. The van der Waals surface area contributed by atoms with Gasteiger partial charge in [-0.25, -0.2) is 14.0 Å². The van der Waals surface area contributed by atoms with Gasteiger partial charge in [-0.3, -0.25) is 0 Å². The SMILES string of the molecule is COc1ccc(CCC2=C(C(=O)OCc3ccc(F)c(C#N)c3)C(c3ccccc3)NC(=O)N2)cc1. The van der Waals surface area contributed by atoms with Gasteiger partial charge >= 0.3 is 12.0 Å². The fourth-order valence-corrected chi connectivity index (χ4v) is 3.99. The summed E-state index contributed by atoms with van der Waals surface area (Å²) in [5.41, 5.74) is 2.84. The van der Waals surface area contributed by atoms with Crippen molar-refractivity contribution >= 4 is 12.0 Å². The van der Waals surface area contributed by atoms with Gasteiger partial charge in [0.1, 0.15) is 24.2 Å². The van der Waals surface area contributed by atoms with Gasteiger partial charge in [0.2, 0.25) is 0 Å². The highest BCUT2D eigenvalue weighted by Gasteiger charge is 2.33. The summed E-state index contributed by atoms with van der Waals surface area (Å²) in [5, 5.41) is 14.7. The summed E-state index contributed by atoms with van der Waals surface area (Å²) in [4.78, 5) is 25.9. The van der Waals surface area contributed by atoms with Crippen LogP contribution in [0.3, 0.4) is 0 Å². The molecule has 3 aromatic carbocycles. The molecule has 2 N–H and O–H groups in total. The van der Waals surface area contributed by atoms with Crippen LogP contribution < -0.4 is 15.4 Å². The molecule has 7 nitrogen and oxygen atoms in total. The summed E-state index contributed by atoms with van der Waals surface area (Å²) in [6, 6.07) is 21.3. The van der Waals surface area contributed by atoms with Crippen LogP contribution in [-0.2, 0) is 22.6 Å². The Labute approximate surface area is 208 Å². The lowest BCUT2D eigenvalue weighted by Crippen LogP contribution is -2.46. The van der Waals surface area contributed by atoms with Crippen LogP contribution >= 0.6 is 0 Å². The molecule has 0 bridgehead atoms. The number of benzene rings is 3. The van der Waals surface area contributed by atoms with Gasteiger partial charge in [0.25, 0.3) is 0 Å². The molecule has 182 valence electrons. The topological polar surface area (TPSA) is 100 Å². The van der Waals surface area contributed by atoms with E-state index in [1.54, 1.807) is 13.2 Å². The highest BCUT2D eigenvalue weighted by atomic mass is 19.1. The van der Waals surface area contributed by atoms with Crippen molar-refractivity contribution in [1.29, 1.82) is 5.26 Å². The van der Waals surface area contributed by atoms with Gasteiger partial charge in [0.15, 0.2) is 0 Å². The van der Waals surface area contributed by atoms with E-state index in [4.69, 9.17) is 14.7 Å². The van der Waals surface area contributed by atoms with Crippen molar-refractivity contribution in [2.24, 2.45) is 0 Å². The van der Waals surface area contributed by atoms with Crippen molar-refractivity contribution in [3.8, 4) is 11.8 Å². The molecule has 2 amide bonds. The Balaban J connectivity index is 1.62. The number of amides is 2. The molecule has 0 saturated carbocycles. The summed E-state index contributed by atoms with van der Waals surface area (Å²) < 4.78 is 24.4. The maximum Gasteiger partial charge on any atom is 0.338 e. The van der Waals surface area contributed by atoms with Crippen molar-refractivity contribution < 1.29 is 23.5 Å². The van der Waals surface area contributed by atoms with Crippen LogP contribution in [0.5, 0.6) is 5.75 Å². The standard InChI is InChI=1S/C28H24FN3O4/c1-35-22-11-7-18(8-12-22)10-14-24-25(26(32-28(34)31-24)20-5-3-2-4-6-20)27(33)36-17-19-9-13-23(29)21(15-19)16-30/h2-9,11-13,15,26H,10,14,17H2,1H3,(H2,31,32,34). The number of urea groups is 1. The molecule has 0 spiro atoms. The molecule has 0 aliphatic carbocycles. The molecule has 36 heavy (non-hydrogen) atoms. The number of rotatable bonds is 8. The van der Waals surface area contributed by atoms with E-state index in [9.17, 15) is 14.0 Å². The Morgan fingerprint density at radius 2 is 1.75 bits per heavy atom. The second-order valence-electron chi connectivity index (χ2n) is 8.18. The first-order valence-electron chi connectivity index (χ1n) is 11.3. The maximum absolute atomic E-state index is 13.7. The minimum atomic E-state index is -0.707. The third-order valence-electron chi connectivity index (χ3n) is 5.85. The Hall–Kier alpha value is -4.64. The van der Waals surface area contributed by atoms with Crippen LogP contribution in [0.25, 0.3) is 0 Å². The fraction of sp³-hybridized carbons (Fsp3) is 0.179. The number of aryl methyl sites for hydroxylation is 1. The highest BCUT2D eigenvalue weighted by molar-refractivity contribution is 5.95. The van der Waals surface area contributed by atoms with Gasteiger partial charge in [-0.2, -0.15) is 5.26 Å². The summed E-state index contributed by atoms with van der Waals surface area (Å²) >= 11 is 0. The normalized spacial score (nSPS) is 14.9. The average molecular weight is 486 g/mol. The number of carbonyl (C=O) groups excluding carboxylic acids is 2. The van der Waals surface area contributed by atoms with Crippen molar-refractivity contribution in [1.82, 2.24) is 10.6 Å². The number of allylic oxidation sites excluding steroid dienone is 1. The third kappa shape index (κ3) is 5.70. The van der Waals surface area contributed by atoms with E-state index < -0.39 is 23.9 Å². The van der Waals surface area contributed by atoms with Gasteiger partial charge in [-0.1, -0.05) is 48.5 Å². The summed E-state index contributed by atoms with van der Waals surface area (Å²) in [5.74, 6) is -0.523. The average Bonchev–Trinajstić information content (AvgIpc) is 2.91. The summed E-state index contributed by atoms with van der Waals surface area (Å²) in [7, 11) is 1.60. The van der Waals surface area contributed by atoms with Gasteiger partial charge in [-0.15, -0.1) is 0 Å². The van der Waals surface area contributed by atoms with E-state index in [-0.39, 0.29) is 17.7 Å². The molecule has 1 aliphatic heterocycles. The van der Waals surface area contributed by atoms with Gasteiger partial charge in [0, 0.05) is 5.70 Å². The van der Waals surface area contributed by atoms with Crippen LogP contribution in [0.15, 0.2) is 84.1 Å². The van der Waals surface area contributed by atoms with Gasteiger partial charge in [-0.05, 0) is 53.8 Å². The molecular weight excluding hydrogens is 461 g/mol. The number of hydrogen-bond donors (Lipinski definition) is 2. The van der Waals surface area contributed by atoms with Gasteiger partial charge < -0.3 is 20.1 Å². The molecule has 1 aliphatic rings. The van der Waals surface area contributed by atoms with Crippen molar-refractivity contribution in [2.75, 3.05) is 7.11 Å². The lowest BCUT2D eigenvalue weighted by Gasteiger charge is -2.29. The molecule has 0 aromatic heterocycles. The largest absolute Gasteiger partial charge is 0.497 e. The number of halogens is 1. The quantitative estimate of drug-likeness (QED) is 0.451. The molecule has 3 aromatic rings. The second kappa shape index (κ2) is 11.2. The molecule has 8 heteroatoms. The van der Waals surface area contributed by atoms with E-state index in [2.05, 4.69) is 10.6 Å². The minimum Gasteiger partial charge on any atom is -0.497 e. The zero-order valence-electron chi connectivity index (χ0n) is 19.6. The number of nitrogens with zero attached hydrogens (tertiary/aromatic N) is 1. The first-order chi connectivity index (χ1) is 17.5. The molecular formula is C28H24FN3O4. The first kappa shape index (κ1) is 24.5. The maximum atomic E-state index is 13.7. The van der Waals surface area contributed by atoms with Crippen LogP contribution in [-0.4, -0.2) is 19.1 Å². The van der Waals surface area contributed by atoms with E-state index in [1.807, 2.05) is 54.6 Å². The van der Waals surface area contributed by atoms with Crippen LogP contribution in [0.2, 0.25) is 0 Å². The Kier molecular flexibility index (Phi) is 7.61. The predicted molar refractivity (Wildman–Crippen MR) is 130 cm³/mol. The number of hydrogen-bond acceptors (Lipinski definition) is 5. The Morgan fingerprint density at radius 1 is 1.03 bits per heavy atom. The van der Waals surface area contributed by atoms with E-state index >= 15 is 0 Å². The van der Waals surface area contributed by atoms with Crippen molar-refractivity contribution in [3.63, 3.8) is 0 Å². The molecule has 1 heterocycles. The summed E-state index contributed by atoms with van der Waals surface area (Å²) in [6.45, 7) is -0.154. The van der Waals surface area contributed by atoms with Gasteiger partial charge in [0.05, 0.1) is 24.3 Å². The predicted octanol–water partition coefficient (Wildman–Crippen LogP) is 4.69. The Morgan fingerprint density at radius 3 is 2.44 bits per heavy atom. The first-order valence-corrected chi connectivity index (χ1v) is 11.3. The number of esters is 1. The van der Waals surface area contributed by atoms with Crippen molar-refractivity contribution in [2.45, 2.75) is 25.5 Å². The monoisotopic (exact) mass is 485 g/mol. The molecule has 1 atom stereocenters. The van der Waals surface area contributed by atoms with E-state index in [0.29, 0.717) is 24.1 Å². The number of nitrogens with one attached hydrogen (secondary N) is 2. The van der Waals surface area contributed by atoms with E-state index in [1.165, 1.54) is 12.1 Å². The lowest BCUT2D eigenvalue weighted by molar-refractivity contribution is -0.140. The van der Waals surface area contributed by atoms with Crippen LogP contribution in [0.4, 0.5) is 9.18 Å². The number of carbonyl (C=O) groups is 2. The molecule has 0 radical (unpaired) electrons. The molecule has 0 fully saturated rings. The Bertz CT molecular complexity index is 1330.